The Kier molecular flexibility index (Phi) is 5.25. The Morgan fingerprint density at radius 1 is 1.21 bits per heavy atom. The van der Waals surface area contributed by atoms with E-state index in [0.717, 1.165) is 10.1 Å². The molecule has 0 N–H and O–H groups in total. The molecule has 4 heteroatoms. The zero-order valence-electron chi connectivity index (χ0n) is 9.15. The van der Waals surface area contributed by atoms with Gasteiger partial charge in [0.05, 0.1) is 0 Å². The molecule has 0 nitrogen and oxygen atoms in total. The molecule has 1 unspecified atom stereocenters. The van der Waals surface area contributed by atoms with Crippen LogP contribution in [-0.2, 0) is 0 Å². The van der Waals surface area contributed by atoms with Crippen molar-refractivity contribution in [2.24, 2.45) is 0 Å². The molecular weight excluding hydrogens is 332 g/mol. The number of rotatable bonds is 2. The first kappa shape index (κ1) is 13.8. The van der Waals surface area contributed by atoms with Crippen LogP contribution in [0.4, 0.5) is 0 Å². The fourth-order valence-electron chi connectivity index (χ4n) is 1.39. The molecule has 1 aromatic carbocycles. The van der Waals surface area contributed by atoms with Crippen LogP contribution in [0.15, 0.2) is 30.3 Å². The molecule has 0 saturated carbocycles. The summed E-state index contributed by atoms with van der Waals surface area (Å²) in [5.74, 6) is 0. The topological polar surface area (TPSA) is 0 Å². The molecule has 0 heterocycles. The third-order valence-corrected chi connectivity index (χ3v) is 40.9. The van der Waals surface area contributed by atoms with Crippen LogP contribution in [-0.4, -0.2) is 55.7 Å². The van der Waals surface area contributed by atoms with Crippen LogP contribution in [0.2, 0.25) is 0 Å². The van der Waals surface area contributed by atoms with Gasteiger partial charge in [-0.15, -0.1) is 0 Å². The predicted molar refractivity (Wildman–Crippen MR) is 70.0 cm³/mol. The van der Waals surface area contributed by atoms with Crippen LogP contribution in [0, 0.1) is 0 Å². The van der Waals surface area contributed by atoms with Gasteiger partial charge in [0.25, 0.3) is 0 Å². The Labute approximate surface area is 115 Å². The van der Waals surface area contributed by atoms with Gasteiger partial charge in [-0.3, -0.25) is 0 Å². The summed E-state index contributed by atoms with van der Waals surface area (Å²) in [6.07, 6.45) is 0. The molecule has 0 aromatic heterocycles. The summed E-state index contributed by atoms with van der Waals surface area (Å²) in [4.78, 5) is 0. The van der Waals surface area contributed by atoms with Gasteiger partial charge >= 0.3 is 116 Å². The van der Waals surface area contributed by atoms with Gasteiger partial charge < -0.3 is 0 Å². The summed E-state index contributed by atoms with van der Waals surface area (Å²) in [6.45, 7) is 7.14. The molecule has 0 spiro atoms. The van der Waals surface area contributed by atoms with Crippen molar-refractivity contribution in [3.8, 4) is 0 Å². The Balaban J connectivity index is 3.23. The third kappa shape index (κ3) is 2.87. The van der Waals surface area contributed by atoms with Crippen molar-refractivity contribution in [2.75, 3.05) is 0 Å². The second-order valence-electron chi connectivity index (χ2n) is 4.24. The molecule has 0 saturated heterocycles. The van der Waals surface area contributed by atoms with Crippen molar-refractivity contribution in [3.05, 3.63) is 30.3 Å². The van der Waals surface area contributed by atoms with Gasteiger partial charge in [-0.05, 0) is 0 Å². The molecule has 1 rings (SSSR count). The van der Waals surface area contributed by atoms with Crippen LogP contribution >= 0.6 is 4.20 Å². The predicted octanol–water partition coefficient (Wildman–Crippen LogP) is 1.91. The monoisotopic (exact) mass is 348 g/mol. The molecule has 0 radical (unpaired) electrons. The van der Waals surface area contributed by atoms with Crippen molar-refractivity contribution in [2.45, 2.75) is 25.9 Å². The van der Waals surface area contributed by atoms with E-state index in [0.29, 0.717) is 5.16 Å². The second kappa shape index (κ2) is 5.35. The van der Waals surface area contributed by atoms with Crippen molar-refractivity contribution in [3.63, 3.8) is 0 Å². The Hall–Kier alpha value is 1.69. The van der Waals surface area contributed by atoms with E-state index in [1.54, 1.807) is 5.30 Å². The fraction of sp³-hybridized carbons (Fsp3) is 0.400. The van der Waals surface area contributed by atoms with E-state index in [1.165, 1.54) is 25.4 Å². The van der Waals surface area contributed by atoms with Gasteiger partial charge in [-0.25, -0.2) is 0 Å². The van der Waals surface area contributed by atoms with Crippen LogP contribution < -0.4 is 5.30 Å². The molecule has 0 bridgehead atoms. The van der Waals surface area contributed by atoms with Crippen LogP contribution in [0.25, 0.3) is 0 Å². The van der Waals surface area contributed by atoms with Crippen molar-refractivity contribution < 1.29 is 0 Å². The van der Waals surface area contributed by atoms with E-state index < -0.39 is 4.20 Å². The van der Waals surface area contributed by atoms with Gasteiger partial charge in [-0.2, -0.15) is 0 Å². The molecule has 0 amide bonds. The van der Waals surface area contributed by atoms with E-state index in [1.807, 2.05) is 0 Å². The zero-order valence-corrected chi connectivity index (χ0v) is 15.5. The minimum atomic E-state index is -0.987. The van der Waals surface area contributed by atoms with E-state index in [-0.39, 0.29) is 0 Å². The summed E-state index contributed by atoms with van der Waals surface area (Å²) in [5, 5.41) is 2.00. The summed E-state index contributed by atoms with van der Waals surface area (Å²) < 4.78 is -0.987. The standard InChI is InChI=1S/C10H15PSe2.Na/c1-10(2,3)11(12,13)9-7-5-4-6-8-9;/h4-8H,1-3H3,(H,12,13);/q;+1/p-1. The normalized spacial score (nSPS) is 16.4. The quantitative estimate of drug-likeness (QED) is 0.567. The van der Waals surface area contributed by atoms with Crippen molar-refractivity contribution in [1.29, 1.82) is 0 Å². The Morgan fingerprint density at radius 3 is 2.07 bits per heavy atom. The maximum absolute atomic E-state index is 3.57. The molecule has 0 fully saturated rings. The number of hydrogen-bond acceptors (Lipinski definition) is 0. The van der Waals surface area contributed by atoms with Crippen LogP contribution in [0.5, 0.6) is 0 Å². The molecule has 1 aromatic rings. The summed E-state index contributed by atoms with van der Waals surface area (Å²) in [6, 6.07) is 11.0. The van der Waals surface area contributed by atoms with Gasteiger partial charge in [0, 0.05) is 0 Å². The van der Waals surface area contributed by atoms with Crippen molar-refractivity contribution in [1.82, 2.24) is 0 Å². The van der Waals surface area contributed by atoms with E-state index in [9.17, 15) is 0 Å². The van der Waals surface area contributed by atoms with Gasteiger partial charge in [-0.1, -0.05) is 0 Å². The molecule has 0 aliphatic rings. The van der Waals surface area contributed by atoms with E-state index >= 15 is 0 Å². The van der Waals surface area contributed by atoms with Gasteiger partial charge in [0.15, 0.2) is 0 Å². The summed E-state index contributed by atoms with van der Waals surface area (Å²) >= 11 is 4.91. The third-order valence-electron chi connectivity index (χ3n) is 2.24. The molecule has 72 valence electrons. The molecule has 14 heavy (non-hydrogen) atoms. The van der Waals surface area contributed by atoms with E-state index in [2.05, 4.69) is 66.2 Å². The fourth-order valence-corrected chi connectivity index (χ4v) is 21.6. The molecule has 0 aliphatic heterocycles. The number of hydrogen-bond donors (Lipinski definition) is 0. The molecule has 0 aliphatic carbocycles. The Morgan fingerprint density at radius 2 is 1.71 bits per heavy atom. The zero-order chi connectivity index (χ0) is 10.8. The SMILES string of the molecule is CC(C)(C)P(=[Se])([Se][Na])c1ccccc1. The van der Waals surface area contributed by atoms with Crippen LogP contribution in [0.3, 0.4) is 0 Å². The summed E-state index contributed by atoms with van der Waals surface area (Å²) in [5.41, 5.74) is 0. The minimum absolute atomic E-state index is 0.427. The Bertz CT molecular complexity index is 343. The van der Waals surface area contributed by atoms with E-state index in [4.69, 9.17) is 0 Å². The maximum atomic E-state index is 3.57. The van der Waals surface area contributed by atoms with Gasteiger partial charge in [0.2, 0.25) is 0 Å². The first-order chi connectivity index (χ1) is 6.42. The first-order valence-electron chi connectivity index (χ1n) is 4.63. The molecule has 1 atom stereocenters. The average molecular weight is 346 g/mol. The molecular formula is C10H14NaPSe2. The second-order valence-corrected chi connectivity index (χ2v) is 26.0. The van der Waals surface area contributed by atoms with Crippen LogP contribution in [0.1, 0.15) is 20.8 Å². The van der Waals surface area contributed by atoms with Crippen molar-refractivity contribution >= 4 is 60.0 Å². The number of benzene rings is 1. The summed E-state index contributed by atoms with van der Waals surface area (Å²) in [7, 11) is 0.812. The van der Waals surface area contributed by atoms with Gasteiger partial charge in [0.1, 0.15) is 0 Å². The average Bonchev–Trinajstić information content (AvgIpc) is 2.16. The first-order valence-corrected chi connectivity index (χ1v) is 16.8.